The Morgan fingerprint density at radius 2 is 0.961 bits per heavy atom. The molecule has 12 rings (SSSR count). The molecule has 5 N–H and O–H groups in total. The molecule has 0 atom stereocenters. The molecule has 6 heterocycles. The molecule has 15 nitrogen and oxygen atoms in total. The van der Waals surface area contributed by atoms with Gasteiger partial charge in [0.2, 0.25) is 0 Å². The average Bonchev–Trinajstić information content (AvgIpc) is 3.46. The first-order chi connectivity index (χ1) is 37.0. The molecule has 370 valence electrons. The van der Waals surface area contributed by atoms with E-state index in [0.29, 0.717) is 43.8 Å². The number of rotatable bonds is 9. The Bertz CT molecular complexity index is 4270. The van der Waals surface area contributed by atoms with Gasteiger partial charge in [-0.15, -0.1) is 0 Å². The topological polar surface area (TPSA) is 221 Å². The molecule has 12 aromatic rings. The molecular weight excluding hydrogens is 1000 g/mol. The number of ether oxygens (including phenoxy) is 1. The number of nitrogens with zero attached hydrogens (tertiary/aromatic N) is 7. The second-order valence-electron chi connectivity index (χ2n) is 17.0. The van der Waals surface area contributed by atoms with E-state index in [1.807, 2.05) is 103 Å². The first kappa shape index (κ1) is 49.7. The standard InChI is InChI=1S/C20H14ClN3O2.C20H12N4O2.C19H14ClN3O/c1-26-20(25)12-5-6-15-17-11-22-8-7-16(17)19(24-18(15)9-12)23-14-4-2-3-13(21)10-14;21-10-12-2-1-3-14(8-12)23-19-16-6-7-22-11-17(16)15-5-4-13(20(25)26)9-18(15)24-19;20-13-2-1-3-14(9-13)22-19-16-6-7-21-10-17(16)15-5-4-12(11-24)8-18(15)23-19/h2-11H,1H3,(H,23,24);1-9,11H,(H,23,24)(H,25,26);1-10,24H,11H2,(H,22,23). The third-order valence-electron chi connectivity index (χ3n) is 12.1. The van der Waals surface area contributed by atoms with E-state index in [1.54, 1.807) is 79.5 Å². The Kier molecular flexibility index (Phi) is 14.5. The lowest BCUT2D eigenvalue weighted by Crippen LogP contribution is -2.02. The molecule has 0 aliphatic heterocycles. The zero-order valence-electron chi connectivity index (χ0n) is 40.0. The third kappa shape index (κ3) is 10.8. The number of fused-ring (bicyclic) bond motifs is 9. The summed E-state index contributed by atoms with van der Waals surface area (Å²) in [5, 5.41) is 47.2. The molecule has 0 amide bonds. The largest absolute Gasteiger partial charge is 0.478 e. The quantitative estimate of drug-likeness (QED) is 0.0670. The number of benzene rings is 6. The number of anilines is 6. The highest BCUT2D eigenvalue weighted by Gasteiger charge is 2.15. The fourth-order valence-electron chi connectivity index (χ4n) is 8.56. The summed E-state index contributed by atoms with van der Waals surface area (Å²) < 4.78 is 4.80. The van der Waals surface area contributed by atoms with Crippen LogP contribution in [0.1, 0.15) is 31.8 Å². The second-order valence-corrected chi connectivity index (χ2v) is 17.9. The van der Waals surface area contributed by atoms with Crippen LogP contribution in [0, 0.1) is 11.3 Å². The molecule has 0 bridgehead atoms. The van der Waals surface area contributed by atoms with Crippen molar-refractivity contribution >= 4 is 135 Å². The Morgan fingerprint density at radius 3 is 1.41 bits per heavy atom. The summed E-state index contributed by atoms with van der Waals surface area (Å²) in [5.74, 6) is 0.574. The van der Waals surface area contributed by atoms with E-state index in [0.717, 1.165) is 82.4 Å². The van der Waals surface area contributed by atoms with Gasteiger partial charge < -0.3 is 30.9 Å². The number of hydrogen-bond acceptors (Lipinski definition) is 14. The molecule has 0 aliphatic carbocycles. The maximum absolute atomic E-state index is 11.8. The molecule has 0 aliphatic rings. The molecule has 0 radical (unpaired) electrons. The van der Waals surface area contributed by atoms with Gasteiger partial charge in [0.15, 0.2) is 0 Å². The summed E-state index contributed by atoms with van der Waals surface area (Å²) in [4.78, 5) is 49.8. The van der Waals surface area contributed by atoms with Gasteiger partial charge in [-0.3, -0.25) is 15.0 Å². The third-order valence-corrected chi connectivity index (χ3v) is 12.6. The first-order valence-electron chi connectivity index (χ1n) is 23.3. The minimum atomic E-state index is -1.00. The molecule has 0 unspecified atom stereocenters. The summed E-state index contributed by atoms with van der Waals surface area (Å²) >= 11 is 12.1. The summed E-state index contributed by atoms with van der Waals surface area (Å²) in [6.07, 6.45) is 10.5. The molecular formula is C59H40Cl2N10O5. The summed E-state index contributed by atoms with van der Waals surface area (Å²) in [6.45, 7) is -0.0141. The number of aromatic carboxylic acids is 1. The highest BCUT2D eigenvalue weighted by molar-refractivity contribution is 6.31. The summed E-state index contributed by atoms with van der Waals surface area (Å²) in [7, 11) is 1.36. The number of methoxy groups -OCH3 is 1. The van der Waals surface area contributed by atoms with Crippen molar-refractivity contribution in [2.45, 2.75) is 6.61 Å². The van der Waals surface area contributed by atoms with Gasteiger partial charge in [0.1, 0.15) is 17.5 Å². The number of halogens is 2. The molecule has 76 heavy (non-hydrogen) atoms. The van der Waals surface area contributed by atoms with Crippen LogP contribution >= 0.6 is 23.2 Å². The van der Waals surface area contributed by atoms with Gasteiger partial charge >= 0.3 is 11.9 Å². The Morgan fingerprint density at radius 1 is 0.526 bits per heavy atom. The van der Waals surface area contributed by atoms with Crippen LogP contribution in [0.3, 0.4) is 0 Å². The SMILES string of the molecule is COC(=O)c1ccc2c(c1)nc(Nc1cccc(Cl)c1)c1ccncc12.N#Cc1cccc(Nc2nc3cc(C(=O)O)ccc3c3cnccc23)c1.OCc1ccc2c(c1)nc(Nc1cccc(Cl)c1)c1ccncc12. The number of nitrogens with one attached hydrogen (secondary N) is 3. The maximum Gasteiger partial charge on any atom is 0.337 e. The van der Waals surface area contributed by atoms with Crippen molar-refractivity contribution in [2.75, 3.05) is 23.1 Å². The van der Waals surface area contributed by atoms with Crippen LogP contribution < -0.4 is 16.0 Å². The van der Waals surface area contributed by atoms with Crippen LogP contribution in [0.4, 0.5) is 34.5 Å². The number of aliphatic hydroxyl groups excluding tert-OH is 1. The first-order valence-corrected chi connectivity index (χ1v) is 24.1. The molecule has 0 saturated heterocycles. The summed E-state index contributed by atoms with van der Waals surface area (Å²) in [6, 6.07) is 45.7. The predicted octanol–water partition coefficient (Wildman–Crippen LogP) is 13.7. The van der Waals surface area contributed by atoms with E-state index in [-0.39, 0.29) is 12.2 Å². The number of nitriles is 1. The minimum Gasteiger partial charge on any atom is -0.478 e. The number of carboxylic acids is 1. The van der Waals surface area contributed by atoms with E-state index in [1.165, 1.54) is 7.11 Å². The van der Waals surface area contributed by atoms with Crippen LogP contribution in [0.5, 0.6) is 0 Å². The highest BCUT2D eigenvalue weighted by atomic mass is 35.5. The highest BCUT2D eigenvalue weighted by Crippen LogP contribution is 2.35. The number of hydrogen-bond donors (Lipinski definition) is 5. The minimum absolute atomic E-state index is 0.0141. The lowest BCUT2D eigenvalue weighted by atomic mass is 10.1. The van der Waals surface area contributed by atoms with Gasteiger partial charge in [0.05, 0.1) is 53.0 Å². The second kappa shape index (κ2) is 22.1. The number of pyridine rings is 6. The van der Waals surface area contributed by atoms with Crippen molar-refractivity contribution in [2.24, 2.45) is 0 Å². The van der Waals surface area contributed by atoms with E-state index >= 15 is 0 Å². The monoisotopic (exact) mass is 1040 g/mol. The molecule has 0 fully saturated rings. The van der Waals surface area contributed by atoms with Crippen molar-refractivity contribution in [3.05, 3.63) is 215 Å². The van der Waals surface area contributed by atoms with Crippen molar-refractivity contribution in [3.8, 4) is 6.07 Å². The van der Waals surface area contributed by atoms with Crippen LogP contribution in [-0.2, 0) is 11.3 Å². The summed E-state index contributed by atoms with van der Waals surface area (Å²) in [5.41, 5.74) is 6.45. The van der Waals surface area contributed by atoms with Gasteiger partial charge in [-0.2, -0.15) is 5.26 Å². The van der Waals surface area contributed by atoms with Crippen molar-refractivity contribution in [1.29, 1.82) is 5.26 Å². The zero-order valence-corrected chi connectivity index (χ0v) is 41.5. The fourth-order valence-corrected chi connectivity index (χ4v) is 8.94. The van der Waals surface area contributed by atoms with E-state index in [9.17, 15) is 19.8 Å². The van der Waals surface area contributed by atoms with Crippen molar-refractivity contribution in [1.82, 2.24) is 29.9 Å². The number of carbonyl (C=O) groups is 2. The predicted molar refractivity (Wildman–Crippen MR) is 299 cm³/mol. The number of aliphatic hydroxyl groups is 1. The smallest absolute Gasteiger partial charge is 0.337 e. The van der Waals surface area contributed by atoms with E-state index in [4.69, 9.17) is 43.2 Å². The van der Waals surface area contributed by atoms with Gasteiger partial charge in [0.25, 0.3) is 0 Å². The Balaban J connectivity index is 0.000000130. The van der Waals surface area contributed by atoms with Crippen molar-refractivity contribution in [3.63, 3.8) is 0 Å². The zero-order chi connectivity index (χ0) is 52.7. The maximum atomic E-state index is 11.8. The number of carbonyl (C=O) groups excluding carboxylic acids is 1. The van der Waals surface area contributed by atoms with E-state index < -0.39 is 11.9 Å². The van der Waals surface area contributed by atoms with Crippen LogP contribution in [0.15, 0.2) is 183 Å². The van der Waals surface area contributed by atoms with E-state index in [2.05, 4.69) is 42.0 Å². The lowest BCUT2D eigenvalue weighted by molar-refractivity contribution is 0.0600. The van der Waals surface area contributed by atoms with Gasteiger partial charge in [0, 0.05) is 113 Å². The number of carboxylic acid groups (broad SMARTS) is 1. The van der Waals surface area contributed by atoms with Crippen molar-refractivity contribution < 1.29 is 24.5 Å². The van der Waals surface area contributed by atoms with Gasteiger partial charge in [-0.05, 0) is 109 Å². The number of esters is 1. The molecule has 0 saturated carbocycles. The average molecular weight is 1040 g/mol. The molecule has 6 aromatic carbocycles. The van der Waals surface area contributed by atoms with Crippen LogP contribution in [0.2, 0.25) is 10.0 Å². The Labute approximate surface area is 443 Å². The normalized spacial score (nSPS) is 10.8. The number of aromatic nitrogens is 6. The molecule has 0 spiro atoms. The Hall–Kier alpha value is -9.85. The molecule has 6 aromatic heterocycles. The van der Waals surface area contributed by atoms with Gasteiger partial charge in [-0.1, -0.05) is 65.7 Å². The fraction of sp³-hybridized carbons (Fsp3) is 0.0339. The van der Waals surface area contributed by atoms with Crippen LogP contribution in [-0.4, -0.2) is 59.2 Å². The van der Waals surface area contributed by atoms with Crippen LogP contribution in [0.25, 0.3) is 65.0 Å². The molecule has 17 heteroatoms. The van der Waals surface area contributed by atoms with Gasteiger partial charge in [-0.25, -0.2) is 24.5 Å². The lowest BCUT2D eigenvalue weighted by Gasteiger charge is -2.12.